The number of nitrogens with one attached hydrogen (secondary N) is 1. The van der Waals surface area contributed by atoms with Gasteiger partial charge in [-0.2, -0.15) is 13.2 Å². The molecule has 0 aliphatic carbocycles. The van der Waals surface area contributed by atoms with Gasteiger partial charge in [-0.25, -0.2) is 9.97 Å². The molecule has 114 valence electrons. The lowest BCUT2D eigenvalue weighted by molar-refractivity contribution is -0.144. The van der Waals surface area contributed by atoms with Crippen LogP contribution in [0, 0.1) is 0 Å². The van der Waals surface area contributed by atoms with Crippen molar-refractivity contribution in [2.45, 2.75) is 32.5 Å². The molecule has 1 heterocycles. The van der Waals surface area contributed by atoms with Crippen LogP contribution in [0.1, 0.15) is 26.1 Å². The van der Waals surface area contributed by atoms with Crippen LogP contribution in [-0.4, -0.2) is 41.3 Å². The minimum absolute atomic E-state index is 0.133. The Morgan fingerprint density at radius 3 is 2.55 bits per heavy atom. The average Bonchev–Trinajstić information content (AvgIpc) is 2.34. The topological polar surface area (TPSA) is 61.3 Å². The van der Waals surface area contributed by atoms with Gasteiger partial charge in [-0.3, -0.25) is 0 Å². The molecular formula is C12H19F3N4O. The Morgan fingerprint density at radius 1 is 1.40 bits per heavy atom. The fourth-order valence-corrected chi connectivity index (χ4v) is 1.52. The molecule has 0 spiro atoms. The summed E-state index contributed by atoms with van der Waals surface area (Å²) in [6, 6.07) is 1.46. The molecule has 0 amide bonds. The second-order valence-electron chi connectivity index (χ2n) is 4.52. The van der Waals surface area contributed by atoms with Crippen LogP contribution in [0.3, 0.4) is 0 Å². The van der Waals surface area contributed by atoms with E-state index in [2.05, 4.69) is 15.3 Å². The zero-order valence-electron chi connectivity index (χ0n) is 11.7. The highest BCUT2D eigenvalue weighted by molar-refractivity contribution is 5.49. The van der Waals surface area contributed by atoms with Crippen molar-refractivity contribution in [1.82, 2.24) is 9.97 Å². The summed E-state index contributed by atoms with van der Waals surface area (Å²) in [5.74, 6) is -0.868. The zero-order valence-corrected chi connectivity index (χ0v) is 11.7. The van der Waals surface area contributed by atoms with Gasteiger partial charge in [0.2, 0.25) is 5.82 Å². The number of aliphatic hydroxyl groups is 1. The first kappa shape index (κ1) is 16.5. The number of alkyl halides is 3. The SMILES string of the molecule is CCNc1cc(N(C)CCC(C)O)nc(C(F)(F)F)n1. The maximum Gasteiger partial charge on any atom is 0.451 e. The number of aromatic nitrogens is 2. The molecule has 0 saturated heterocycles. The van der Waals surface area contributed by atoms with Crippen molar-refractivity contribution in [3.8, 4) is 0 Å². The molecule has 0 bridgehead atoms. The summed E-state index contributed by atoms with van der Waals surface area (Å²) in [4.78, 5) is 8.54. The molecule has 1 aromatic rings. The third-order valence-electron chi connectivity index (χ3n) is 2.60. The van der Waals surface area contributed by atoms with E-state index in [0.29, 0.717) is 19.5 Å². The molecule has 1 unspecified atom stereocenters. The van der Waals surface area contributed by atoms with E-state index in [1.165, 1.54) is 6.07 Å². The van der Waals surface area contributed by atoms with Gasteiger partial charge in [-0.1, -0.05) is 0 Å². The van der Waals surface area contributed by atoms with Gasteiger partial charge in [-0.05, 0) is 20.3 Å². The number of hydrogen-bond donors (Lipinski definition) is 2. The summed E-state index contributed by atoms with van der Waals surface area (Å²) in [5, 5.41) is 12.0. The smallest absolute Gasteiger partial charge is 0.393 e. The molecule has 5 nitrogen and oxygen atoms in total. The van der Waals surface area contributed by atoms with E-state index in [1.807, 2.05) is 0 Å². The van der Waals surface area contributed by atoms with Gasteiger partial charge < -0.3 is 15.3 Å². The van der Waals surface area contributed by atoms with E-state index in [9.17, 15) is 18.3 Å². The van der Waals surface area contributed by atoms with Crippen LogP contribution in [0.15, 0.2) is 6.07 Å². The number of anilines is 2. The van der Waals surface area contributed by atoms with Crippen LogP contribution < -0.4 is 10.2 Å². The first-order valence-electron chi connectivity index (χ1n) is 6.33. The highest BCUT2D eigenvalue weighted by Crippen LogP contribution is 2.29. The molecule has 0 aliphatic rings. The van der Waals surface area contributed by atoms with Crippen molar-refractivity contribution >= 4 is 11.6 Å². The Balaban J connectivity index is 3.02. The standard InChI is InChI=1S/C12H19F3N4O/c1-4-16-9-7-10(19(3)6-5-8(2)20)18-11(17-9)12(13,14)15/h7-8,20H,4-6H2,1-3H3,(H,16,17,18). The number of rotatable bonds is 6. The Labute approximate surface area is 115 Å². The molecule has 2 N–H and O–H groups in total. The molecule has 8 heteroatoms. The van der Waals surface area contributed by atoms with E-state index in [0.717, 1.165) is 0 Å². The molecule has 0 aliphatic heterocycles. The Bertz CT molecular complexity index is 437. The summed E-state index contributed by atoms with van der Waals surface area (Å²) in [5.41, 5.74) is 0. The largest absolute Gasteiger partial charge is 0.451 e. The van der Waals surface area contributed by atoms with Crippen LogP contribution in [0.25, 0.3) is 0 Å². The molecule has 1 rings (SSSR count). The van der Waals surface area contributed by atoms with Gasteiger partial charge in [0.15, 0.2) is 0 Å². The summed E-state index contributed by atoms with van der Waals surface area (Å²) in [6.07, 6.45) is -4.67. The molecule has 0 fully saturated rings. The van der Waals surface area contributed by atoms with Crippen molar-refractivity contribution in [2.24, 2.45) is 0 Å². The number of halogens is 3. The molecule has 1 atom stereocenters. The van der Waals surface area contributed by atoms with Crippen LogP contribution in [0.2, 0.25) is 0 Å². The minimum atomic E-state index is -4.59. The third-order valence-corrected chi connectivity index (χ3v) is 2.60. The number of aliphatic hydroxyl groups excluding tert-OH is 1. The summed E-state index contributed by atoms with van der Waals surface area (Å²) >= 11 is 0. The Morgan fingerprint density at radius 2 is 2.05 bits per heavy atom. The fourth-order valence-electron chi connectivity index (χ4n) is 1.52. The van der Waals surface area contributed by atoms with Crippen molar-refractivity contribution in [3.63, 3.8) is 0 Å². The van der Waals surface area contributed by atoms with E-state index in [1.54, 1.807) is 25.8 Å². The fraction of sp³-hybridized carbons (Fsp3) is 0.667. The lowest BCUT2D eigenvalue weighted by Crippen LogP contribution is -2.24. The Kier molecular flexibility index (Phi) is 5.55. The van der Waals surface area contributed by atoms with Crippen LogP contribution >= 0.6 is 0 Å². The highest BCUT2D eigenvalue weighted by Gasteiger charge is 2.35. The molecule has 1 aromatic heterocycles. The maximum atomic E-state index is 12.8. The van der Waals surface area contributed by atoms with Crippen LogP contribution in [0.4, 0.5) is 24.8 Å². The number of hydrogen-bond acceptors (Lipinski definition) is 5. The molecule has 0 aromatic carbocycles. The number of nitrogens with zero attached hydrogens (tertiary/aromatic N) is 3. The first-order chi connectivity index (χ1) is 9.24. The van der Waals surface area contributed by atoms with Crippen LogP contribution in [0.5, 0.6) is 0 Å². The molecule has 0 saturated carbocycles. The predicted molar refractivity (Wildman–Crippen MR) is 70.8 cm³/mol. The second kappa shape index (κ2) is 6.74. The third kappa shape index (κ3) is 4.84. The van der Waals surface area contributed by atoms with E-state index >= 15 is 0 Å². The summed E-state index contributed by atoms with van der Waals surface area (Å²) < 4.78 is 38.3. The molecule has 20 heavy (non-hydrogen) atoms. The molecular weight excluding hydrogens is 273 g/mol. The average molecular weight is 292 g/mol. The Hall–Kier alpha value is -1.57. The second-order valence-corrected chi connectivity index (χ2v) is 4.52. The van der Waals surface area contributed by atoms with Crippen LogP contribution in [-0.2, 0) is 6.18 Å². The lowest BCUT2D eigenvalue weighted by Gasteiger charge is -2.20. The highest BCUT2D eigenvalue weighted by atomic mass is 19.4. The van der Waals surface area contributed by atoms with Crippen molar-refractivity contribution < 1.29 is 18.3 Å². The monoisotopic (exact) mass is 292 g/mol. The van der Waals surface area contributed by atoms with Gasteiger partial charge in [-0.15, -0.1) is 0 Å². The van der Waals surface area contributed by atoms with E-state index < -0.39 is 18.1 Å². The van der Waals surface area contributed by atoms with Crippen molar-refractivity contribution in [3.05, 3.63) is 11.9 Å². The summed E-state index contributed by atoms with van der Waals surface area (Å²) in [6.45, 7) is 4.26. The predicted octanol–water partition coefficient (Wildman–Crippen LogP) is 2.13. The minimum Gasteiger partial charge on any atom is -0.393 e. The zero-order chi connectivity index (χ0) is 15.3. The maximum absolute atomic E-state index is 12.8. The molecule has 0 radical (unpaired) electrons. The van der Waals surface area contributed by atoms with E-state index in [4.69, 9.17) is 0 Å². The van der Waals surface area contributed by atoms with Crippen molar-refractivity contribution in [1.29, 1.82) is 0 Å². The van der Waals surface area contributed by atoms with Gasteiger partial charge in [0.1, 0.15) is 11.6 Å². The van der Waals surface area contributed by atoms with Gasteiger partial charge in [0, 0.05) is 26.2 Å². The van der Waals surface area contributed by atoms with E-state index in [-0.39, 0.29) is 11.6 Å². The van der Waals surface area contributed by atoms with Gasteiger partial charge in [0.25, 0.3) is 0 Å². The quantitative estimate of drug-likeness (QED) is 0.841. The van der Waals surface area contributed by atoms with Gasteiger partial charge in [0.05, 0.1) is 6.10 Å². The lowest BCUT2D eigenvalue weighted by atomic mass is 10.3. The summed E-state index contributed by atoms with van der Waals surface area (Å²) in [7, 11) is 1.63. The first-order valence-corrected chi connectivity index (χ1v) is 6.33. The van der Waals surface area contributed by atoms with Crippen molar-refractivity contribution in [2.75, 3.05) is 30.4 Å². The van der Waals surface area contributed by atoms with Gasteiger partial charge >= 0.3 is 6.18 Å². The normalized spacial score (nSPS) is 13.2.